The number of amides is 1. The summed E-state index contributed by atoms with van der Waals surface area (Å²) in [5.74, 6) is 7.11. The van der Waals surface area contributed by atoms with Gasteiger partial charge in [-0.15, -0.1) is 0 Å². The summed E-state index contributed by atoms with van der Waals surface area (Å²) >= 11 is 0. The third-order valence-electron chi connectivity index (χ3n) is 3.32. The smallest absolute Gasteiger partial charge is 0.251 e. The zero-order chi connectivity index (χ0) is 14.4. The van der Waals surface area contributed by atoms with Crippen LogP contribution in [-0.4, -0.2) is 26.1 Å². The summed E-state index contributed by atoms with van der Waals surface area (Å²) in [5.41, 5.74) is 6.66. The molecule has 0 bridgehead atoms. The van der Waals surface area contributed by atoms with Gasteiger partial charge in [-0.3, -0.25) is 4.79 Å². The Morgan fingerprint density at radius 2 is 2.30 bits per heavy atom. The summed E-state index contributed by atoms with van der Waals surface area (Å²) < 4.78 is 5.22. The summed E-state index contributed by atoms with van der Waals surface area (Å²) in [4.78, 5) is 12.0. The second-order valence-electron chi connectivity index (χ2n) is 4.91. The van der Waals surface area contributed by atoms with Gasteiger partial charge in [0.05, 0.1) is 19.2 Å². The average Bonchev–Trinajstić information content (AvgIpc) is 3.28. The van der Waals surface area contributed by atoms with Crippen molar-refractivity contribution in [2.45, 2.75) is 19.3 Å². The molecule has 1 aromatic rings. The maximum absolute atomic E-state index is 12.0. The predicted octanol–water partition coefficient (Wildman–Crippen LogP) is 1.54. The van der Waals surface area contributed by atoms with Gasteiger partial charge in [0.25, 0.3) is 5.91 Å². The fourth-order valence-electron chi connectivity index (χ4n) is 1.99. The van der Waals surface area contributed by atoms with E-state index in [0.717, 1.165) is 18.9 Å². The number of carbonyl (C=O) groups is 1. The van der Waals surface area contributed by atoms with Crippen molar-refractivity contribution in [2.75, 3.05) is 20.2 Å². The van der Waals surface area contributed by atoms with Crippen LogP contribution in [0.4, 0.5) is 0 Å². The second-order valence-corrected chi connectivity index (χ2v) is 4.91. The van der Waals surface area contributed by atoms with Crippen LogP contribution in [0.15, 0.2) is 18.2 Å². The largest absolute Gasteiger partial charge is 0.495 e. The molecular formula is C16H20N2O2. The van der Waals surface area contributed by atoms with Crippen LogP contribution in [0.5, 0.6) is 5.75 Å². The maximum Gasteiger partial charge on any atom is 0.251 e. The van der Waals surface area contributed by atoms with E-state index in [2.05, 4.69) is 17.2 Å². The molecule has 0 saturated heterocycles. The topological polar surface area (TPSA) is 64.3 Å². The van der Waals surface area contributed by atoms with E-state index < -0.39 is 0 Å². The number of ether oxygens (including phenoxy) is 1. The van der Waals surface area contributed by atoms with E-state index in [4.69, 9.17) is 10.5 Å². The Morgan fingerprint density at radius 1 is 1.50 bits per heavy atom. The molecule has 106 valence electrons. The zero-order valence-electron chi connectivity index (χ0n) is 11.7. The molecule has 0 radical (unpaired) electrons. The molecule has 1 fully saturated rings. The number of hydrogen-bond donors (Lipinski definition) is 2. The first-order valence-corrected chi connectivity index (χ1v) is 6.89. The average molecular weight is 272 g/mol. The summed E-state index contributed by atoms with van der Waals surface area (Å²) in [6.45, 7) is 1.01. The first-order chi connectivity index (χ1) is 9.74. The number of hydrogen-bond acceptors (Lipinski definition) is 3. The summed E-state index contributed by atoms with van der Waals surface area (Å²) in [7, 11) is 1.58. The van der Waals surface area contributed by atoms with Crippen molar-refractivity contribution in [3.8, 4) is 17.6 Å². The minimum absolute atomic E-state index is 0.0656. The van der Waals surface area contributed by atoms with Gasteiger partial charge < -0.3 is 15.8 Å². The van der Waals surface area contributed by atoms with E-state index in [1.807, 2.05) is 0 Å². The third kappa shape index (κ3) is 4.01. The van der Waals surface area contributed by atoms with Crippen LogP contribution in [0, 0.1) is 17.8 Å². The lowest BCUT2D eigenvalue weighted by Gasteiger charge is -2.08. The Bertz CT molecular complexity index is 539. The quantitative estimate of drug-likeness (QED) is 0.799. The number of rotatable bonds is 5. The van der Waals surface area contributed by atoms with Gasteiger partial charge in [-0.1, -0.05) is 24.7 Å². The molecule has 0 atom stereocenters. The lowest BCUT2D eigenvalue weighted by molar-refractivity contribution is 0.0952. The van der Waals surface area contributed by atoms with E-state index in [1.165, 1.54) is 12.8 Å². The van der Waals surface area contributed by atoms with Crippen LogP contribution in [-0.2, 0) is 0 Å². The minimum Gasteiger partial charge on any atom is -0.495 e. The van der Waals surface area contributed by atoms with Gasteiger partial charge >= 0.3 is 0 Å². The highest BCUT2D eigenvalue weighted by Gasteiger charge is 2.20. The monoisotopic (exact) mass is 272 g/mol. The molecule has 0 aliphatic heterocycles. The third-order valence-corrected chi connectivity index (χ3v) is 3.32. The lowest BCUT2D eigenvalue weighted by Crippen LogP contribution is -2.24. The molecule has 3 N–H and O–H groups in total. The summed E-state index contributed by atoms with van der Waals surface area (Å²) in [6, 6.07) is 5.25. The van der Waals surface area contributed by atoms with Gasteiger partial charge in [-0.05, 0) is 30.5 Å². The van der Waals surface area contributed by atoms with Crippen LogP contribution in [0.1, 0.15) is 35.2 Å². The van der Waals surface area contributed by atoms with Crippen molar-refractivity contribution >= 4 is 5.91 Å². The van der Waals surface area contributed by atoms with Gasteiger partial charge in [0.2, 0.25) is 0 Å². The predicted molar refractivity (Wildman–Crippen MR) is 78.6 cm³/mol. The van der Waals surface area contributed by atoms with Crippen molar-refractivity contribution in [1.82, 2.24) is 5.32 Å². The minimum atomic E-state index is -0.0656. The van der Waals surface area contributed by atoms with E-state index in [9.17, 15) is 4.79 Å². The first kappa shape index (κ1) is 14.4. The van der Waals surface area contributed by atoms with Crippen molar-refractivity contribution < 1.29 is 9.53 Å². The molecular weight excluding hydrogens is 252 g/mol. The van der Waals surface area contributed by atoms with Crippen LogP contribution < -0.4 is 15.8 Å². The van der Waals surface area contributed by atoms with Gasteiger partial charge in [0, 0.05) is 12.1 Å². The second kappa shape index (κ2) is 6.97. The van der Waals surface area contributed by atoms with Crippen molar-refractivity contribution in [1.29, 1.82) is 0 Å². The summed E-state index contributed by atoms with van der Waals surface area (Å²) in [5, 5.41) is 2.94. The molecule has 0 aromatic heterocycles. The van der Waals surface area contributed by atoms with E-state index in [1.54, 1.807) is 25.3 Å². The molecule has 20 heavy (non-hydrogen) atoms. The van der Waals surface area contributed by atoms with Crippen LogP contribution in [0.2, 0.25) is 0 Å². The fraction of sp³-hybridized carbons (Fsp3) is 0.438. The Kier molecular flexibility index (Phi) is 5.03. The fourth-order valence-corrected chi connectivity index (χ4v) is 1.99. The molecule has 4 nitrogen and oxygen atoms in total. The summed E-state index contributed by atoms with van der Waals surface area (Å²) in [6.07, 6.45) is 3.68. The van der Waals surface area contributed by atoms with Gasteiger partial charge in [0.1, 0.15) is 5.75 Å². The molecule has 2 rings (SSSR count). The van der Waals surface area contributed by atoms with E-state index in [0.29, 0.717) is 16.9 Å². The van der Waals surface area contributed by atoms with E-state index >= 15 is 0 Å². The molecule has 1 saturated carbocycles. The van der Waals surface area contributed by atoms with Gasteiger partial charge in [-0.25, -0.2) is 0 Å². The standard InChI is InChI=1S/C16H20N2O2/c1-20-15-7-6-14(11-13(15)3-2-9-17)16(19)18-10-8-12-4-5-12/h6-7,11-12H,4-5,8-10,17H2,1H3,(H,18,19). The Balaban J connectivity index is 2.04. The van der Waals surface area contributed by atoms with Crippen LogP contribution in [0.3, 0.4) is 0 Å². The highest BCUT2D eigenvalue weighted by atomic mass is 16.5. The zero-order valence-corrected chi connectivity index (χ0v) is 11.7. The number of benzene rings is 1. The molecule has 1 aliphatic carbocycles. The van der Waals surface area contributed by atoms with Crippen molar-refractivity contribution in [3.63, 3.8) is 0 Å². The van der Waals surface area contributed by atoms with Gasteiger partial charge in [-0.2, -0.15) is 0 Å². The molecule has 0 unspecified atom stereocenters. The Labute approximate surface area is 119 Å². The van der Waals surface area contributed by atoms with Crippen molar-refractivity contribution in [3.05, 3.63) is 29.3 Å². The normalized spacial score (nSPS) is 13.3. The molecule has 1 aliphatic rings. The van der Waals surface area contributed by atoms with Crippen molar-refractivity contribution in [2.24, 2.45) is 11.7 Å². The number of methoxy groups -OCH3 is 1. The molecule has 1 amide bonds. The molecule has 4 heteroatoms. The van der Waals surface area contributed by atoms with Crippen LogP contribution in [0.25, 0.3) is 0 Å². The lowest BCUT2D eigenvalue weighted by atomic mass is 10.1. The number of nitrogens with one attached hydrogen (secondary N) is 1. The Hall–Kier alpha value is -1.99. The van der Waals surface area contributed by atoms with E-state index in [-0.39, 0.29) is 12.5 Å². The highest BCUT2D eigenvalue weighted by Crippen LogP contribution is 2.31. The number of carbonyl (C=O) groups excluding carboxylic acids is 1. The SMILES string of the molecule is COc1ccc(C(=O)NCCC2CC2)cc1C#CCN. The van der Waals surface area contributed by atoms with Gasteiger partial charge in [0.15, 0.2) is 0 Å². The Morgan fingerprint density at radius 3 is 2.95 bits per heavy atom. The molecule has 0 spiro atoms. The molecule has 1 aromatic carbocycles. The highest BCUT2D eigenvalue weighted by molar-refractivity contribution is 5.94. The molecule has 0 heterocycles. The number of nitrogens with two attached hydrogens (primary N) is 1. The first-order valence-electron chi connectivity index (χ1n) is 6.89. The maximum atomic E-state index is 12.0. The van der Waals surface area contributed by atoms with Crippen LogP contribution >= 0.6 is 0 Å².